The molecule has 0 aliphatic carbocycles. The molecule has 2 fully saturated rings. The average Bonchev–Trinajstić information content (AvgIpc) is 3.01. The van der Waals surface area contributed by atoms with E-state index in [-0.39, 0.29) is 5.60 Å². The number of piperidine rings is 1. The minimum absolute atomic E-state index is 0.0687. The fourth-order valence-corrected chi connectivity index (χ4v) is 3.74. The molecule has 0 radical (unpaired) electrons. The van der Waals surface area contributed by atoms with E-state index in [0.717, 1.165) is 39.0 Å². The van der Waals surface area contributed by atoms with E-state index in [1.807, 2.05) is 36.9 Å². The highest BCUT2D eigenvalue weighted by molar-refractivity contribution is 5.44. The number of aromatic nitrogens is 2. The van der Waals surface area contributed by atoms with Crippen molar-refractivity contribution in [3.63, 3.8) is 0 Å². The van der Waals surface area contributed by atoms with E-state index in [0.29, 0.717) is 5.92 Å². The fourth-order valence-electron chi connectivity index (χ4n) is 3.74. The van der Waals surface area contributed by atoms with Gasteiger partial charge in [-0.3, -0.25) is 9.97 Å². The lowest BCUT2D eigenvalue weighted by molar-refractivity contribution is -0.0148. The first-order valence-corrected chi connectivity index (χ1v) is 8.04. The number of ether oxygens (including phenoxy) is 1. The molecule has 0 amide bonds. The van der Waals surface area contributed by atoms with E-state index in [4.69, 9.17) is 4.74 Å². The molecule has 0 saturated carbocycles. The molecule has 4 heteroatoms. The number of hydrogen-bond acceptors (Lipinski definition) is 4. The summed E-state index contributed by atoms with van der Waals surface area (Å²) in [5, 5.41) is 0. The van der Waals surface area contributed by atoms with E-state index in [2.05, 4.69) is 27.0 Å². The van der Waals surface area contributed by atoms with Crippen LogP contribution in [0.15, 0.2) is 49.1 Å². The minimum atomic E-state index is 0.0687. The van der Waals surface area contributed by atoms with Crippen molar-refractivity contribution < 1.29 is 4.74 Å². The molecular weight excluding hydrogens is 274 g/mol. The first-order chi connectivity index (χ1) is 10.8. The molecule has 114 valence electrons. The van der Waals surface area contributed by atoms with Gasteiger partial charge in [0.25, 0.3) is 0 Å². The van der Waals surface area contributed by atoms with Crippen LogP contribution in [-0.2, 0) is 4.74 Å². The van der Waals surface area contributed by atoms with Gasteiger partial charge >= 0.3 is 0 Å². The molecule has 0 unspecified atom stereocenters. The average molecular weight is 295 g/mol. The lowest BCUT2D eigenvalue weighted by Gasteiger charge is -2.39. The van der Waals surface area contributed by atoms with Crippen molar-refractivity contribution >= 4 is 5.69 Å². The SMILES string of the molecule is c1cncc([C@@H]2COC3(CCN(c4cccnc4)CC3)C2)c1. The lowest BCUT2D eigenvalue weighted by Crippen LogP contribution is -2.44. The molecule has 4 rings (SSSR count). The van der Waals surface area contributed by atoms with Gasteiger partial charge < -0.3 is 9.64 Å². The number of rotatable bonds is 2. The maximum atomic E-state index is 6.26. The van der Waals surface area contributed by atoms with Gasteiger partial charge in [0.2, 0.25) is 0 Å². The third kappa shape index (κ3) is 2.59. The summed E-state index contributed by atoms with van der Waals surface area (Å²) < 4.78 is 6.26. The van der Waals surface area contributed by atoms with E-state index < -0.39 is 0 Å². The van der Waals surface area contributed by atoms with E-state index >= 15 is 0 Å². The summed E-state index contributed by atoms with van der Waals surface area (Å²) in [6.07, 6.45) is 10.9. The van der Waals surface area contributed by atoms with Gasteiger partial charge in [-0.05, 0) is 43.0 Å². The Balaban J connectivity index is 1.41. The van der Waals surface area contributed by atoms with Gasteiger partial charge in [0.05, 0.1) is 24.1 Å². The summed E-state index contributed by atoms with van der Waals surface area (Å²) in [6.45, 7) is 2.93. The molecule has 2 aliphatic heterocycles. The zero-order chi connectivity index (χ0) is 14.8. The second-order valence-corrected chi connectivity index (χ2v) is 6.38. The predicted octanol–water partition coefficient (Wildman–Crippen LogP) is 3.02. The van der Waals surface area contributed by atoms with Crippen molar-refractivity contribution in [3.05, 3.63) is 54.6 Å². The van der Waals surface area contributed by atoms with Crippen LogP contribution in [0.5, 0.6) is 0 Å². The third-order valence-electron chi connectivity index (χ3n) is 5.05. The highest BCUT2D eigenvalue weighted by Gasteiger charge is 2.43. The minimum Gasteiger partial charge on any atom is -0.374 e. The van der Waals surface area contributed by atoms with Gasteiger partial charge in [-0.25, -0.2) is 0 Å². The lowest BCUT2D eigenvalue weighted by atomic mass is 9.83. The molecular formula is C18H21N3O. The maximum Gasteiger partial charge on any atom is 0.0723 e. The summed E-state index contributed by atoms with van der Waals surface area (Å²) in [6, 6.07) is 8.33. The molecule has 1 spiro atoms. The molecule has 0 aromatic carbocycles. The largest absolute Gasteiger partial charge is 0.374 e. The fraction of sp³-hybridized carbons (Fsp3) is 0.444. The zero-order valence-corrected chi connectivity index (χ0v) is 12.7. The number of nitrogens with zero attached hydrogens (tertiary/aromatic N) is 3. The molecule has 0 N–H and O–H groups in total. The van der Waals surface area contributed by atoms with Gasteiger partial charge in [-0.15, -0.1) is 0 Å². The van der Waals surface area contributed by atoms with Crippen LogP contribution in [0, 0.1) is 0 Å². The third-order valence-corrected chi connectivity index (χ3v) is 5.05. The van der Waals surface area contributed by atoms with E-state index in [1.54, 1.807) is 0 Å². The molecule has 2 aromatic rings. The van der Waals surface area contributed by atoms with Crippen LogP contribution < -0.4 is 4.90 Å². The summed E-state index contributed by atoms with van der Waals surface area (Å²) >= 11 is 0. The second-order valence-electron chi connectivity index (χ2n) is 6.38. The first-order valence-electron chi connectivity index (χ1n) is 8.04. The van der Waals surface area contributed by atoms with Crippen LogP contribution in [-0.4, -0.2) is 35.3 Å². The van der Waals surface area contributed by atoms with Crippen molar-refractivity contribution in [3.8, 4) is 0 Å². The van der Waals surface area contributed by atoms with Crippen LogP contribution in [0.1, 0.15) is 30.7 Å². The van der Waals surface area contributed by atoms with E-state index in [9.17, 15) is 0 Å². The molecule has 22 heavy (non-hydrogen) atoms. The summed E-state index contributed by atoms with van der Waals surface area (Å²) in [5.74, 6) is 0.499. The molecule has 1 atom stereocenters. The topological polar surface area (TPSA) is 38.2 Å². The van der Waals surface area contributed by atoms with Gasteiger partial charge in [0, 0.05) is 37.6 Å². The highest BCUT2D eigenvalue weighted by Crippen LogP contribution is 2.43. The standard InChI is InChI=1S/C18H21N3O/c1-3-15(12-19-7-1)16-11-18(22-14-16)5-9-21(10-6-18)17-4-2-8-20-13-17/h1-4,7-8,12-13,16H,5-6,9-11,14H2/t16-/m0/s1. The molecule has 2 saturated heterocycles. The monoisotopic (exact) mass is 295 g/mol. The number of hydrogen-bond donors (Lipinski definition) is 0. The molecule has 2 aromatic heterocycles. The second kappa shape index (κ2) is 5.69. The quantitative estimate of drug-likeness (QED) is 0.853. The predicted molar refractivity (Wildman–Crippen MR) is 86.0 cm³/mol. The smallest absolute Gasteiger partial charge is 0.0723 e. The Kier molecular flexibility index (Phi) is 3.54. The Morgan fingerprint density at radius 1 is 1.05 bits per heavy atom. The van der Waals surface area contributed by atoms with Crippen molar-refractivity contribution in [1.29, 1.82) is 0 Å². The zero-order valence-electron chi connectivity index (χ0n) is 12.7. The number of anilines is 1. The highest BCUT2D eigenvalue weighted by atomic mass is 16.5. The van der Waals surface area contributed by atoms with Crippen LogP contribution >= 0.6 is 0 Å². The van der Waals surface area contributed by atoms with E-state index in [1.165, 1.54) is 11.3 Å². The van der Waals surface area contributed by atoms with Crippen LogP contribution in [0.2, 0.25) is 0 Å². The van der Waals surface area contributed by atoms with Gasteiger partial charge in [0.15, 0.2) is 0 Å². The molecule has 2 aliphatic rings. The summed E-state index contributed by atoms with van der Waals surface area (Å²) in [7, 11) is 0. The van der Waals surface area contributed by atoms with Crippen LogP contribution in [0.4, 0.5) is 5.69 Å². The molecule has 4 heterocycles. The van der Waals surface area contributed by atoms with Crippen LogP contribution in [0.25, 0.3) is 0 Å². The summed E-state index contributed by atoms with van der Waals surface area (Å²) in [5.41, 5.74) is 2.60. The Hall–Kier alpha value is -1.94. The molecule has 4 nitrogen and oxygen atoms in total. The Morgan fingerprint density at radius 3 is 2.50 bits per heavy atom. The Labute approximate surface area is 131 Å². The van der Waals surface area contributed by atoms with Gasteiger partial charge in [-0.2, -0.15) is 0 Å². The van der Waals surface area contributed by atoms with Gasteiger partial charge in [0.1, 0.15) is 0 Å². The Morgan fingerprint density at radius 2 is 1.82 bits per heavy atom. The van der Waals surface area contributed by atoms with Gasteiger partial charge in [-0.1, -0.05) is 6.07 Å². The maximum absolute atomic E-state index is 6.26. The summed E-state index contributed by atoms with van der Waals surface area (Å²) in [4.78, 5) is 10.9. The van der Waals surface area contributed by atoms with Crippen molar-refractivity contribution in [2.45, 2.75) is 30.8 Å². The Bertz CT molecular complexity index is 609. The molecule has 0 bridgehead atoms. The van der Waals surface area contributed by atoms with Crippen molar-refractivity contribution in [1.82, 2.24) is 9.97 Å². The normalized spacial score (nSPS) is 23.8. The first kappa shape index (κ1) is 13.7. The number of pyridine rings is 2. The van der Waals surface area contributed by atoms with Crippen molar-refractivity contribution in [2.24, 2.45) is 0 Å². The van der Waals surface area contributed by atoms with Crippen LogP contribution in [0.3, 0.4) is 0 Å². The van der Waals surface area contributed by atoms with Crippen molar-refractivity contribution in [2.75, 3.05) is 24.6 Å².